The van der Waals surface area contributed by atoms with Crippen LogP contribution in [0.25, 0.3) is 10.8 Å². The molecule has 2 aromatic rings. The number of carbonyl (C=O) groups excluding carboxylic acids is 1. The maximum Gasteiger partial charge on any atom is 0.302 e. The Balaban J connectivity index is 0.000000396. The fourth-order valence-corrected chi connectivity index (χ4v) is 1.52. The van der Waals surface area contributed by atoms with Crippen LogP contribution in [0.1, 0.15) is 20.8 Å². The van der Waals surface area contributed by atoms with E-state index in [9.17, 15) is 9.59 Å². The number of ether oxygens (including phenoxy) is 1. The van der Waals surface area contributed by atoms with E-state index in [-0.39, 0.29) is 11.5 Å². The van der Waals surface area contributed by atoms with Gasteiger partial charge in [0, 0.05) is 12.3 Å². The Hall–Kier alpha value is -1.69. The van der Waals surface area contributed by atoms with Crippen molar-refractivity contribution in [3.63, 3.8) is 0 Å². The minimum atomic E-state index is -0.245. The maximum absolute atomic E-state index is 11.2. The Labute approximate surface area is 120 Å². The third-order valence-corrected chi connectivity index (χ3v) is 2.54. The molecule has 0 saturated carbocycles. The van der Waals surface area contributed by atoms with Crippen LogP contribution in [0, 0.1) is 0 Å². The molecule has 19 heavy (non-hydrogen) atoms. The van der Waals surface area contributed by atoms with Crippen molar-refractivity contribution in [2.75, 3.05) is 7.11 Å². The summed E-state index contributed by atoms with van der Waals surface area (Å²) in [6.45, 7) is 5.36. The highest BCUT2D eigenvalue weighted by molar-refractivity contribution is 9.10. The van der Waals surface area contributed by atoms with Gasteiger partial charge in [0.1, 0.15) is 4.60 Å². The van der Waals surface area contributed by atoms with Crippen molar-refractivity contribution in [1.29, 1.82) is 0 Å². The van der Waals surface area contributed by atoms with Crippen molar-refractivity contribution in [3.05, 3.63) is 39.2 Å². The number of methoxy groups -OCH3 is 1. The van der Waals surface area contributed by atoms with Gasteiger partial charge >= 0.3 is 5.97 Å². The van der Waals surface area contributed by atoms with Crippen LogP contribution in [0.2, 0.25) is 0 Å². The zero-order chi connectivity index (χ0) is 14.8. The Morgan fingerprint density at radius 1 is 1.26 bits per heavy atom. The first-order chi connectivity index (χ1) is 9.06. The molecule has 1 N–H and O–H groups in total. The molecule has 0 aliphatic heterocycles. The van der Waals surface area contributed by atoms with Gasteiger partial charge in [-0.15, -0.1) is 0 Å². The van der Waals surface area contributed by atoms with Crippen LogP contribution in [0.4, 0.5) is 0 Å². The predicted molar refractivity (Wildman–Crippen MR) is 79.1 cm³/mol. The van der Waals surface area contributed by atoms with E-state index in [1.165, 1.54) is 14.0 Å². The van der Waals surface area contributed by atoms with Crippen molar-refractivity contribution in [2.45, 2.75) is 20.8 Å². The van der Waals surface area contributed by atoms with Gasteiger partial charge in [-0.05, 0) is 22.0 Å². The minimum Gasteiger partial charge on any atom is -0.469 e. The molecule has 1 aromatic heterocycles. The van der Waals surface area contributed by atoms with Crippen molar-refractivity contribution < 1.29 is 9.53 Å². The van der Waals surface area contributed by atoms with Gasteiger partial charge in [0.2, 0.25) is 0 Å². The molecule has 0 bridgehead atoms. The van der Waals surface area contributed by atoms with E-state index in [2.05, 4.69) is 30.9 Å². The number of H-pyrrole nitrogens is 1. The standard InChI is InChI=1S/C8H5BrN2O.C3H6O2.C2H6/c9-7-5-3-1-2-4-6(5)8(12)11-10-7;1-3(4)5-2;1-2/h1-4H,(H,11,12);1-2H3;1-2H3. The van der Waals surface area contributed by atoms with Crippen molar-refractivity contribution >= 4 is 32.7 Å². The Morgan fingerprint density at radius 3 is 2.16 bits per heavy atom. The SMILES string of the molecule is CC.COC(C)=O.O=c1[nH]nc(Br)c2ccccc12. The van der Waals surface area contributed by atoms with Gasteiger partial charge in [-0.2, -0.15) is 5.10 Å². The number of esters is 1. The van der Waals surface area contributed by atoms with Gasteiger partial charge in [0.05, 0.1) is 12.5 Å². The molecule has 0 unspecified atom stereocenters. The van der Waals surface area contributed by atoms with E-state index >= 15 is 0 Å². The Morgan fingerprint density at radius 2 is 1.74 bits per heavy atom. The van der Waals surface area contributed by atoms with Gasteiger partial charge in [0.25, 0.3) is 5.56 Å². The van der Waals surface area contributed by atoms with Crippen LogP contribution < -0.4 is 5.56 Å². The largest absolute Gasteiger partial charge is 0.469 e. The topological polar surface area (TPSA) is 72.1 Å². The molecular weight excluding hydrogens is 312 g/mol. The molecule has 0 saturated heterocycles. The molecule has 0 amide bonds. The molecule has 1 heterocycles. The highest BCUT2D eigenvalue weighted by Gasteiger charge is 2.00. The second kappa shape index (κ2) is 9.27. The number of aromatic nitrogens is 2. The first-order valence-electron chi connectivity index (χ1n) is 5.73. The molecular formula is C13H17BrN2O3. The number of benzene rings is 1. The van der Waals surface area contributed by atoms with Crippen LogP contribution in [-0.4, -0.2) is 23.3 Å². The molecule has 5 nitrogen and oxygen atoms in total. The molecule has 0 radical (unpaired) electrons. The van der Waals surface area contributed by atoms with Gasteiger partial charge in [-0.3, -0.25) is 9.59 Å². The summed E-state index contributed by atoms with van der Waals surface area (Å²) in [6.07, 6.45) is 0. The van der Waals surface area contributed by atoms with Crippen molar-refractivity contribution in [3.8, 4) is 0 Å². The number of carbonyl (C=O) groups is 1. The van der Waals surface area contributed by atoms with Crippen LogP contribution >= 0.6 is 15.9 Å². The molecule has 0 atom stereocenters. The summed E-state index contributed by atoms with van der Waals surface area (Å²) in [5.41, 5.74) is -0.159. The summed E-state index contributed by atoms with van der Waals surface area (Å²) < 4.78 is 4.78. The molecule has 104 valence electrons. The van der Waals surface area contributed by atoms with Gasteiger partial charge < -0.3 is 4.74 Å². The average molecular weight is 329 g/mol. The maximum atomic E-state index is 11.2. The highest BCUT2D eigenvalue weighted by atomic mass is 79.9. The monoisotopic (exact) mass is 328 g/mol. The number of hydrogen-bond acceptors (Lipinski definition) is 4. The summed E-state index contributed by atoms with van der Waals surface area (Å²) in [5.74, 6) is -0.245. The number of hydrogen-bond donors (Lipinski definition) is 1. The normalized spacial score (nSPS) is 8.68. The number of rotatable bonds is 0. The highest BCUT2D eigenvalue weighted by Crippen LogP contribution is 2.16. The first-order valence-corrected chi connectivity index (χ1v) is 6.53. The number of nitrogens with one attached hydrogen (secondary N) is 1. The summed E-state index contributed by atoms with van der Waals surface area (Å²) >= 11 is 3.25. The number of fused-ring (bicyclic) bond motifs is 1. The van der Waals surface area contributed by atoms with Gasteiger partial charge in [-0.1, -0.05) is 32.0 Å². The summed E-state index contributed by atoms with van der Waals surface area (Å²) in [7, 11) is 1.35. The lowest BCUT2D eigenvalue weighted by Crippen LogP contribution is -2.07. The van der Waals surface area contributed by atoms with Gasteiger partial charge in [0.15, 0.2) is 0 Å². The zero-order valence-electron chi connectivity index (χ0n) is 11.4. The predicted octanol–water partition coefficient (Wildman–Crippen LogP) is 2.89. The summed E-state index contributed by atoms with van der Waals surface area (Å²) in [6, 6.07) is 7.31. The fourth-order valence-electron chi connectivity index (χ4n) is 1.08. The molecule has 1 aromatic carbocycles. The average Bonchev–Trinajstić information content (AvgIpc) is 2.46. The van der Waals surface area contributed by atoms with E-state index in [4.69, 9.17) is 0 Å². The second-order valence-electron chi connectivity index (χ2n) is 3.08. The van der Waals surface area contributed by atoms with Crippen LogP contribution in [-0.2, 0) is 9.53 Å². The third-order valence-electron chi connectivity index (χ3n) is 1.94. The molecule has 0 aliphatic rings. The van der Waals surface area contributed by atoms with E-state index < -0.39 is 0 Å². The van der Waals surface area contributed by atoms with E-state index in [1.807, 2.05) is 32.0 Å². The van der Waals surface area contributed by atoms with Crippen LogP contribution in [0.3, 0.4) is 0 Å². The lowest BCUT2D eigenvalue weighted by Gasteiger charge is -1.95. The van der Waals surface area contributed by atoms with Crippen LogP contribution in [0.15, 0.2) is 33.7 Å². The fraction of sp³-hybridized carbons (Fsp3) is 0.308. The van der Waals surface area contributed by atoms with Gasteiger partial charge in [-0.25, -0.2) is 5.10 Å². The first kappa shape index (κ1) is 17.3. The number of halogens is 1. The Kier molecular flexibility index (Phi) is 8.44. The van der Waals surface area contributed by atoms with E-state index in [0.717, 1.165) is 5.39 Å². The van der Waals surface area contributed by atoms with E-state index in [1.54, 1.807) is 6.07 Å². The molecule has 0 fully saturated rings. The minimum absolute atomic E-state index is 0.159. The number of nitrogens with zero attached hydrogens (tertiary/aromatic N) is 1. The quantitative estimate of drug-likeness (QED) is 0.755. The molecule has 2 rings (SSSR count). The molecule has 0 spiro atoms. The van der Waals surface area contributed by atoms with Crippen LogP contribution in [0.5, 0.6) is 0 Å². The lowest BCUT2D eigenvalue weighted by atomic mass is 10.2. The second-order valence-corrected chi connectivity index (χ2v) is 3.84. The molecule has 0 aliphatic carbocycles. The Bertz CT molecular complexity index is 581. The van der Waals surface area contributed by atoms with Crippen molar-refractivity contribution in [1.82, 2.24) is 10.2 Å². The number of aromatic amines is 1. The van der Waals surface area contributed by atoms with E-state index in [0.29, 0.717) is 9.99 Å². The zero-order valence-corrected chi connectivity index (χ0v) is 12.9. The van der Waals surface area contributed by atoms with Crippen molar-refractivity contribution in [2.24, 2.45) is 0 Å². The smallest absolute Gasteiger partial charge is 0.302 e. The molecule has 6 heteroatoms. The third kappa shape index (κ3) is 5.65. The lowest BCUT2D eigenvalue weighted by molar-refractivity contribution is -0.137. The summed E-state index contributed by atoms with van der Waals surface area (Å²) in [5, 5.41) is 7.66. The summed E-state index contributed by atoms with van der Waals surface area (Å²) in [4.78, 5) is 20.8.